The SMILES string of the molecule is C=C(CCO)/C1=C(\N=N/C)c2ccccc2CC(OC(=O)NCCOCCSSCCCC(=N)NI)c2ccccc21. The number of hydrogen-bond donors (Lipinski definition) is 4. The maximum atomic E-state index is 12.9. The molecule has 4 N–H and O–H groups in total. The maximum Gasteiger partial charge on any atom is 0.407 e. The Kier molecular flexibility index (Phi) is 15.4. The van der Waals surface area contributed by atoms with Gasteiger partial charge in [0.1, 0.15) is 17.6 Å². The largest absolute Gasteiger partial charge is 0.441 e. The monoisotopic (exact) mass is 723 g/mol. The van der Waals surface area contributed by atoms with Crippen molar-refractivity contribution in [3.63, 3.8) is 0 Å². The molecule has 42 heavy (non-hydrogen) atoms. The Hall–Kier alpha value is -2.39. The van der Waals surface area contributed by atoms with Gasteiger partial charge in [-0.3, -0.25) is 5.41 Å². The molecule has 0 saturated carbocycles. The molecule has 226 valence electrons. The van der Waals surface area contributed by atoms with Crippen molar-refractivity contribution < 1.29 is 19.4 Å². The van der Waals surface area contributed by atoms with Crippen molar-refractivity contribution in [2.24, 2.45) is 10.2 Å². The fourth-order valence-corrected chi connectivity index (χ4v) is 6.72. The molecule has 1 amide bonds. The lowest BCUT2D eigenvalue weighted by Gasteiger charge is -2.27. The molecule has 0 bridgehead atoms. The Morgan fingerprint density at radius 3 is 2.62 bits per heavy atom. The standard InChI is InChI=1S/C30H38IN5O4S2/c1-21(13-15-37)28-25-11-6-5-10-24(25)26(20-22-8-3-4-9-23(22)29(28)36-33-2)40-30(38)34-14-16-39-17-19-42-41-18-7-12-27(32)35-31/h3-6,8-11,26,37H,1,7,12-20H2,2H3,(H2,32,35)(H,34,38)/b29-28+,36-33-. The van der Waals surface area contributed by atoms with Crippen LogP contribution in [0, 0.1) is 5.41 Å². The van der Waals surface area contributed by atoms with E-state index in [9.17, 15) is 9.90 Å². The maximum absolute atomic E-state index is 12.9. The first kappa shape index (κ1) is 34.1. The third-order valence-electron chi connectivity index (χ3n) is 6.39. The zero-order chi connectivity index (χ0) is 30.2. The number of aliphatic hydroxyl groups excluding tert-OH is 1. The second-order valence-electron chi connectivity index (χ2n) is 9.30. The number of hydrogen-bond acceptors (Lipinski definition) is 9. The van der Waals surface area contributed by atoms with E-state index in [-0.39, 0.29) is 6.61 Å². The highest BCUT2D eigenvalue weighted by Crippen LogP contribution is 2.42. The highest BCUT2D eigenvalue weighted by atomic mass is 127. The summed E-state index contributed by atoms with van der Waals surface area (Å²) in [6, 6.07) is 15.7. The number of allylic oxidation sites excluding steroid dienone is 1. The number of carbonyl (C=O) groups excluding carboxylic acids is 1. The molecular formula is C30H38IN5O4S2. The number of ether oxygens (including phenoxy) is 2. The molecule has 0 heterocycles. The van der Waals surface area contributed by atoms with Crippen molar-refractivity contribution in [3.8, 4) is 0 Å². The third-order valence-corrected chi connectivity index (χ3v) is 9.49. The molecule has 2 aromatic rings. The van der Waals surface area contributed by atoms with Crippen LogP contribution >= 0.6 is 44.5 Å². The summed E-state index contributed by atoms with van der Waals surface area (Å²) in [4.78, 5) is 12.9. The van der Waals surface area contributed by atoms with Crippen LogP contribution < -0.4 is 8.85 Å². The first-order chi connectivity index (χ1) is 20.5. The van der Waals surface area contributed by atoms with Gasteiger partial charge in [-0.1, -0.05) is 76.7 Å². The van der Waals surface area contributed by atoms with Crippen LogP contribution in [0.2, 0.25) is 0 Å². The topological polar surface area (TPSA) is 128 Å². The Labute approximate surface area is 269 Å². The van der Waals surface area contributed by atoms with Gasteiger partial charge in [-0.05, 0) is 29.5 Å². The summed E-state index contributed by atoms with van der Waals surface area (Å²) < 4.78 is 14.5. The molecule has 0 fully saturated rings. The van der Waals surface area contributed by atoms with Gasteiger partial charge in [-0.2, -0.15) is 10.2 Å². The molecule has 1 aliphatic carbocycles. The van der Waals surface area contributed by atoms with Crippen LogP contribution in [-0.4, -0.2) is 62.0 Å². The van der Waals surface area contributed by atoms with E-state index in [2.05, 4.69) is 25.7 Å². The minimum absolute atomic E-state index is 0.0479. The van der Waals surface area contributed by atoms with Crippen molar-refractivity contribution in [1.82, 2.24) is 8.85 Å². The number of amidine groups is 1. The lowest BCUT2D eigenvalue weighted by molar-refractivity contribution is 0.0918. The van der Waals surface area contributed by atoms with Crippen molar-refractivity contribution in [2.45, 2.75) is 31.8 Å². The summed E-state index contributed by atoms with van der Waals surface area (Å²) in [6.45, 7) is 5.54. The van der Waals surface area contributed by atoms with Gasteiger partial charge < -0.3 is 23.4 Å². The van der Waals surface area contributed by atoms with E-state index in [1.165, 1.54) is 0 Å². The fourth-order valence-electron chi connectivity index (χ4n) is 4.50. The molecule has 1 atom stereocenters. The molecule has 0 aliphatic heterocycles. The van der Waals surface area contributed by atoms with Crippen LogP contribution in [0.1, 0.15) is 47.6 Å². The molecule has 3 rings (SSSR count). The average molecular weight is 724 g/mol. The quantitative estimate of drug-likeness (QED) is 0.0280. The second kappa shape index (κ2) is 19.0. The van der Waals surface area contributed by atoms with Crippen molar-refractivity contribution in [1.29, 1.82) is 5.41 Å². The first-order valence-electron chi connectivity index (χ1n) is 13.7. The Morgan fingerprint density at radius 1 is 1.12 bits per heavy atom. The zero-order valence-corrected chi connectivity index (χ0v) is 27.5. The highest BCUT2D eigenvalue weighted by molar-refractivity contribution is 14.1. The summed E-state index contributed by atoms with van der Waals surface area (Å²) in [7, 11) is 5.16. The number of nitrogens with one attached hydrogen (secondary N) is 3. The molecule has 12 heteroatoms. The number of nitrogens with zero attached hydrogens (tertiary/aromatic N) is 2. The molecule has 0 aromatic heterocycles. The number of benzene rings is 2. The Balaban J connectivity index is 1.62. The van der Waals surface area contributed by atoms with Crippen LogP contribution in [0.15, 0.2) is 70.9 Å². The summed E-state index contributed by atoms with van der Waals surface area (Å²) in [5.74, 6) is 2.40. The summed E-state index contributed by atoms with van der Waals surface area (Å²) in [5, 5.41) is 28.7. The van der Waals surface area contributed by atoms with Crippen molar-refractivity contribution in [3.05, 3.63) is 82.9 Å². The number of alkyl carbamates (subject to hydrolysis) is 1. The number of fused-ring (bicyclic) bond motifs is 2. The highest BCUT2D eigenvalue weighted by Gasteiger charge is 2.29. The summed E-state index contributed by atoms with van der Waals surface area (Å²) in [5.41, 5.74) is 5.76. The lowest BCUT2D eigenvalue weighted by atomic mass is 9.82. The van der Waals surface area contributed by atoms with Crippen LogP contribution in [-0.2, 0) is 15.9 Å². The van der Waals surface area contributed by atoms with Gasteiger partial charge in [-0.25, -0.2) is 4.79 Å². The van der Waals surface area contributed by atoms with E-state index in [1.54, 1.807) is 28.6 Å². The molecule has 0 saturated heterocycles. The van der Waals surface area contributed by atoms with Crippen LogP contribution in [0.5, 0.6) is 0 Å². The van der Waals surface area contributed by atoms with Gasteiger partial charge in [0.25, 0.3) is 0 Å². The van der Waals surface area contributed by atoms with E-state index >= 15 is 0 Å². The van der Waals surface area contributed by atoms with Crippen LogP contribution in [0.3, 0.4) is 0 Å². The first-order valence-corrected chi connectivity index (χ1v) is 17.3. The number of halogens is 1. The smallest absolute Gasteiger partial charge is 0.407 e. The van der Waals surface area contributed by atoms with E-state index < -0.39 is 12.2 Å². The average Bonchev–Trinajstić information content (AvgIpc) is 2.99. The van der Waals surface area contributed by atoms with Crippen LogP contribution in [0.25, 0.3) is 11.3 Å². The second-order valence-corrected chi connectivity index (χ2v) is 12.5. The van der Waals surface area contributed by atoms with Crippen molar-refractivity contribution in [2.75, 3.05) is 44.9 Å². The van der Waals surface area contributed by atoms with Crippen LogP contribution in [0.4, 0.5) is 4.79 Å². The summed E-state index contributed by atoms with van der Waals surface area (Å²) in [6.07, 6.45) is 1.50. The molecule has 2 aromatic carbocycles. The van der Waals surface area contributed by atoms with Gasteiger partial charge in [0.2, 0.25) is 0 Å². The fraction of sp³-hybridized carbons (Fsp3) is 0.400. The van der Waals surface area contributed by atoms with Gasteiger partial charge in [0, 0.05) is 61.2 Å². The zero-order valence-electron chi connectivity index (χ0n) is 23.7. The van der Waals surface area contributed by atoms with E-state index in [0.717, 1.165) is 57.7 Å². The predicted octanol–water partition coefficient (Wildman–Crippen LogP) is 6.99. The molecule has 9 nitrogen and oxygen atoms in total. The minimum atomic E-state index is -0.551. The van der Waals surface area contributed by atoms with Gasteiger partial charge >= 0.3 is 6.09 Å². The molecule has 1 unspecified atom stereocenters. The minimum Gasteiger partial charge on any atom is -0.441 e. The van der Waals surface area contributed by atoms with E-state index in [1.807, 2.05) is 71.4 Å². The van der Waals surface area contributed by atoms with E-state index in [0.29, 0.717) is 44.1 Å². The number of aliphatic hydroxyl groups is 1. The molecule has 1 aliphatic rings. The van der Waals surface area contributed by atoms with Gasteiger partial charge in [0.05, 0.1) is 36.1 Å². The number of azo groups is 1. The molecule has 0 radical (unpaired) electrons. The lowest BCUT2D eigenvalue weighted by Crippen LogP contribution is -2.30. The number of rotatable bonds is 16. The number of amides is 1. The van der Waals surface area contributed by atoms with Gasteiger partial charge in [0.15, 0.2) is 0 Å². The Morgan fingerprint density at radius 2 is 1.86 bits per heavy atom. The van der Waals surface area contributed by atoms with E-state index in [4.69, 9.17) is 14.9 Å². The predicted molar refractivity (Wildman–Crippen MR) is 182 cm³/mol. The molecular weight excluding hydrogens is 685 g/mol. The normalized spacial score (nSPS) is 16.2. The third kappa shape index (κ3) is 10.4. The van der Waals surface area contributed by atoms with Gasteiger partial charge in [-0.15, -0.1) is 0 Å². The number of carbonyl (C=O) groups is 1. The summed E-state index contributed by atoms with van der Waals surface area (Å²) >= 11 is 1.98. The molecule has 0 spiro atoms. The Bertz CT molecular complexity index is 1270. The van der Waals surface area contributed by atoms with Crippen molar-refractivity contribution >= 4 is 67.7 Å².